The van der Waals surface area contributed by atoms with Crippen molar-refractivity contribution < 1.29 is 9.53 Å². The Morgan fingerprint density at radius 2 is 1.88 bits per heavy atom. The molecule has 0 spiro atoms. The van der Waals surface area contributed by atoms with E-state index in [1.807, 2.05) is 30.4 Å². The molecule has 1 unspecified atom stereocenters. The molecule has 2 rings (SSSR count). The van der Waals surface area contributed by atoms with Crippen LogP contribution in [0.4, 0.5) is 0 Å². The quantitative estimate of drug-likeness (QED) is 0.327. The monoisotopic (exact) mass is 466 g/mol. The first kappa shape index (κ1) is 27.9. The van der Waals surface area contributed by atoms with E-state index in [-0.39, 0.29) is 5.91 Å². The lowest BCUT2D eigenvalue weighted by Crippen LogP contribution is -2.34. The van der Waals surface area contributed by atoms with Gasteiger partial charge in [-0.1, -0.05) is 63.1 Å². The van der Waals surface area contributed by atoms with Crippen molar-refractivity contribution in [1.82, 2.24) is 10.2 Å². The third kappa shape index (κ3) is 10.3. The third-order valence-corrected chi connectivity index (χ3v) is 6.69. The Morgan fingerprint density at radius 1 is 1.15 bits per heavy atom. The molecule has 1 aliphatic heterocycles. The van der Waals surface area contributed by atoms with Crippen LogP contribution in [0.5, 0.6) is 0 Å². The van der Waals surface area contributed by atoms with E-state index in [9.17, 15) is 4.79 Å². The maximum absolute atomic E-state index is 12.6. The number of rotatable bonds is 12. The van der Waals surface area contributed by atoms with E-state index in [0.29, 0.717) is 31.5 Å². The molecule has 4 nitrogen and oxygen atoms in total. The van der Waals surface area contributed by atoms with Gasteiger partial charge in [0.25, 0.3) is 0 Å². The van der Waals surface area contributed by atoms with E-state index in [1.54, 1.807) is 0 Å². The van der Waals surface area contributed by atoms with Crippen molar-refractivity contribution in [3.63, 3.8) is 0 Å². The Kier molecular flexibility index (Phi) is 12.8. The summed E-state index contributed by atoms with van der Waals surface area (Å²) in [4.78, 5) is 15.2. The molecule has 0 radical (unpaired) electrons. The molecule has 1 N–H and O–H groups in total. The summed E-state index contributed by atoms with van der Waals surface area (Å²) in [5.74, 6) is 1.41. The third-order valence-electron chi connectivity index (χ3n) is 6.69. The molecule has 1 fully saturated rings. The molecule has 188 valence electrons. The number of likely N-dealkylation sites (tertiary alicyclic amines) is 1. The molecule has 1 aliphatic carbocycles. The maximum Gasteiger partial charge on any atom is 0.247 e. The van der Waals surface area contributed by atoms with Gasteiger partial charge in [0.1, 0.15) is 5.76 Å². The van der Waals surface area contributed by atoms with E-state index in [2.05, 4.69) is 56.6 Å². The second-order valence-corrected chi connectivity index (χ2v) is 9.89. The first-order valence-electron chi connectivity index (χ1n) is 13.1. The number of hydrogen-bond acceptors (Lipinski definition) is 3. The normalized spacial score (nSPS) is 19.1. The van der Waals surface area contributed by atoms with E-state index < -0.39 is 0 Å². The molecule has 0 aromatic rings. The highest BCUT2D eigenvalue weighted by Crippen LogP contribution is 2.18. The van der Waals surface area contributed by atoms with Gasteiger partial charge in [0, 0.05) is 18.2 Å². The molecule has 1 saturated heterocycles. The molecule has 1 atom stereocenters. The Bertz CT molecular complexity index is 806. The number of nitrogens with zero attached hydrogens (tertiary/aromatic N) is 1. The van der Waals surface area contributed by atoms with Crippen LogP contribution in [0.25, 0.3) is 0 Å². The van der Waals surface area contributed by atoms with Gasteiger partial charge < -0.3 is 10.1 Å². The summed E-state index contributed by atoms with van der Waals surface area (Å²) >= 11 is 0. The summed E-state index contributed by atoms with van der Waals surface area (Å²) < 4.78 is 5.81. The number of amides is 1. The van der Waals surface area contributed by atoms with Crippen LogP contribution < -0.4 is 5.32 Å². The van der Waals surface area contributed by atoms with E-state index >= 15 is 0 Å². The lowest BCUT2D eigenvalue weighted by Gasteiger charge is -2.28. The summed E-state index contributed by atoms with van der Waals surface area (Å²) in [6, 6.07) is 0.461. The molecule has 2 aliphatic rings. The Hall–Kier alpha value is -2.33. The molecule has 0 bridgehead atoms. The van der Waals surface area contributed by atoms with Crippen molar-refractivity contribution in [3.8, 4) is 0 Å². The SMILES string of the molecule is C=C/C(=C\C=C(/C)C(C)N1CCCCCC1)CCNC(=O)C1=CC=C(OCCC(C)C)C=CC1. The zero-order valence-corrected chi connectivity index (χ0v) is 21.9. The van der Waals surface area contributed by atoms with Crippen molar-refractivity contribution in [1.29, 1.82) is 0 Å². The first-order chi connectivity index (χ1) is 16.4. The number of carbonyl (C=O) groups is 1. The Morgan fingerprint density at radius 3 is 2.56 bits per heavy atom. The zero-order valence-electron chi connectivity index (χ0n) is 21.9. The smallest absolute Gasteiger partial charge is 0.247 e. The van der Waals surface area contributed by atoms with Crippen LogP contribution in [0, 0.1) is 5.92 Å². The van der Waals surface area contributed by atoms with Crippen LogP contribution in [0.15, 0.2) is 71.6 Å². The zero-order chi connectivity index (χ0) is 24.8. The van der Waals surface area contributed by atoms with E-state index in [1.165, 1.54) is 44.3 Å². The minimum Gasteiger partial charge on any atom is -0.494 e. The fourth-order valence-electron chi connectivity index (χ4n) is 4.12. The molecule has 0 saturated carbocycles. The van der Waals surface area contributed by atoms with Gasteiger partial charge in [-0.2, -0.15) is 0 Å². The molecule has 0 aromatic carbocycles. The van der Waals surface area contributed by atoms with Gasteiger partial charge in [0.2, 0.25) is 5.91 Å². The predicted octanol–water partition coefficient (Wildman–Crippen LogP) is 6.65. The molecule has 4 heteroatoms. The molecular weight excluding hydrogens is 420 g/mol. The highest BCUT2D eigenvalue weighted by atomic mass is 16.5. The van der Waals surface area contributed by atoms with Crippen LogP contribution in [0.2, 0.25) is 0 Å². The summed E-state index contributed by atoms with van der Waals surface area (Å²) in [5.41, 5.74) is 3.27. The van der Waals surface area contributed by atoms with Gasteiger partial charge in [-0.05, 0) is 88.8 Å². The van der Waals surface area contributed by atoms with Crippen LogP contribution >= 0.6 is 0 Å². The van der Waals surface area contributed by atoms with Gasteiger partial charge in [0.15, 0.2) is 0 Å². The topological polar surface area (TPSA) is 41.6 Å². The van der Waals surface area contributed by atoms with Gasteiger partial charge in [-0.3, -0.25) is 9.69 Å². The molecule has 34 heavy (non-hydrogen) atoms. The number of nitrogens with one attached hydrogen (secondary N) is 1. The fourth-order valence-corrected chi connectivity index (χ4v) is 4.12. The summed E-state index contributed by atoms with van der Waals surface area (Å²) in [6.45, 7) is 16.5. The summed E-state index contributed by atoms with van der Waals surface area (Å²) in [5, 5.41) is 3.06. The second kappa shape index (κ2) is 15.5. The van der Waals surface area contributed by atoms with Crippen molar-refractivity contribution in [3.05, 3.63) is 71.6 Å². The number of carbonyl (C=O) groups excluding carboxylic acids is 1. The van der Waals surface area contributed by atoms with Crippen LogP contribution in [-0.4, -0.2) is 43.1 Å². The fraction of sp³-hybridized carbons (Fsp3) is 0.567. The van der Waals surface area contributed by atoms with Crippen LogP contribution in [-0.2, 0) is 9.53 Å². The highest BCUT2D eigenvalue weighted by Gasteiger charge is 2.16. The summed E-state index contributed by atoms with van der Waals surface area (Å²) in [6.07, 6.45) is 21.7. The van der Waals surface area contributed by atoms with Crippen molar-refractivity contribution >= 4 is 5.91 Å². The van der Waals surface area contributed by atoms with Gasteiger partial charge in [0.05, 0.1) is 6.61 Å². The molecule has 0 aromatic heterocycles. The predicted molar refractivity (Wildman–Crippen MR) is 144 cm³/mol. The largest absolute Gasteiger partial charge is 0.494 e. The molecular formula is C30H46N2O2. The Labute approximate surface area is 208 Å². The minimum atomic E-state index is -0.0192. The van der Waals surface area contributed by atoms with Crippen molar-refractivity contribution in [2.75, 3.05) is 26.2 Å². The lowest BCUT2D eigenvalue weighted by molar-refractivity contribution is -0.117. The second-order valence-electron chi connectivity index (χ2n) is 9.89. The standard InChI is InChI=1S/C30H46N2O2/c1-6-27(15-14-25(4)26(5)32-21-9-7-8-10-22-32)18-20-31-30(33)28-12-11-13-29(17-16-28)34-23-19-24(2)3/h6,11,13-17,24,26H,1,7-10,12,18-23H2,2-5H3,(H,31,33)/b25-14+,27-15+. The first-order valence-corrected chi connectivity index (χ1v) is 13.1. The van der Waals surface area contributed by atoms with Crippen molar-refractivity contribution in [2.24, 2.45) is 5.92 Å². The van der Waals surface area contributed by atoms with Crippen LogP contribution in [0.3, 0.4) is 0 Å². The minimum absolute atomic E-state index is 0.0192. The maximum atomic E-state index is 12.6. The van der Waals surface area contributed by atoms with Crippen molar-refractivity contribution in [2.45, 2.75) is 78.7 Å². The Balaban J connectivity index is 1.83. The highest BCUT2D eigenvalue weighted by molar-refractivity contribution is 5.94. The molecule has 1 amide bonds. The summed E-state index contributed by atoms with van der Waals surface area (Å²) in [7, 11) is 0. The van der Waals surface area contributed by atoms with Gasteiger partial charge in [-0.25, -0.2) is 0 Å². The van der Waals surface area contributed by atoms with Gasteiger partial charge in [-0.15, -0.1) is 0 Å². The number of ether oxygens (including phenoxy) is 1. The number of allylic oxidation sites excluding steroid dienone is 7. The van der Waals surface area contributed by atoms with E-state index in [4.69, 9.17) is 4.74 Å². The average Bonchev–Trinajstić information content (AvgIpc) is 3.23. The van der Waals surface area contributed by atoms with E-state index in [0.717, 1.165) is 29.7 Å². The molecule has 1 heterocycles. The van der Waals surface area contributed by atoms with Gasteiger partial charge >= 0.3 is 0 Å². The number of hydrogen-bond donors (Lipinski definition) is 1. The lowest BCUT2D eigenvalue weighted by atomic mass is 10.1. The van der Waals surface area contributed by atoms with Crippen LogP contribution in [0.1, 0.15) is 72.6 Å². The average molecular weight is 467 g/mol.